The summed E-state index contributed by atoms with van der Waals surface area (Å²) >= 11 is 1.71. The van der Waals surface area contributed by atoms with Crippen molar-refractivity contribution in [2.45, 2.75) is 25.4 Å². The third-order valence-corrected chi connectivity index (χ3v) is 4.21. The van der Waals surface area contributed by atoms with Gasteiger partial charge in [-0.05, 0) is 6.42 Å². The maximum Gasteiger partial charge on any atom is 0.249 e. The van der Waals surface area contributed by atoms with Gasteiger partial charge < -0.3 is 10.2 Å². The van der Waals surface area contributed by atoms with Gasteiger partial charge in [-0.15, -0.1) is 0 Å². The summed E-state index contributed by atoms with van der Waals surface area (Å²) in [6.45, 7) is 2.60. The van der Waals surface area contributed by atoms with Crippen LogP contribution in [0.4, 0.5) is 0 Å². The molecule has 2 N–H and O–H groups in total. The highest BCUT2D eigenvalue weighted by Gasteiger charge is 2.38. The molecule has 3 amide bonds. The van der Waals surface area contributed by atoms with Crippen molar-refractivity contribution in [1.29, 1.82) is 0 Å². The Hall–Kier alpha value is -1.08. The average molecular weight is 271 g/mol. The zero-order valence-corrected chi connectivity index (χ0v) is 11.1. The normalized spacial score (nSPS) is 29.1. The zero-order valence-electron chi connectivity index (χ0n) is 10.3. The van der Waals surface area contributed by atoms with E-state index < -0.39 is 11.9 Å². The smallest absolute Gasteiger partial charge is 0.249 e. The van der Waals surface area contributed by atoms with Crippen LogP contribution in [0.1, 0.15) is 13.3 Å². The molecule has 2 rings (SSSR count). The lowest BCUT2D eigenvalue weighted by Gasteiger charge is -2.36. The van der Waals surface area contributed by atoms with E-state index in [-0.39, 0.29) is 24.4 Å². The van der Waals surface area contributed by atoms with E-state index in [1.165, 1.54) is 4.90 Å². The van der Waals surface area contributed by atoms with Gasteiger partial charge in [0.1, 0.15) is 12.6 Å². The van der Waals surface area contributed by atoms with Crippen molar-refractivity contribution in [2.75, 3.05) is 24.6 Å². The van der Waals surface area contributed by atoms with Gasteiger partial charge >= 0.3 is 0 Å². The van der Waals surface area contributed by atoms with Gasteiger partial charge in [0, 0.05) is 18.1 Å². The van der Waals surface area contributed by atoms with E-state index in [1.807, 2.05) is 6.92 Å². The topological polar surface area (TPSA) is 78.5 Å². The number of nitrogens with one attached hydrogen (secondary N) is 2. The maximum absolute atomic E-state index is 12.3. The van der Waals surface area contributed by atoms with Crippen LogP contribution in [0.25, 0.3) is 0 Å². The van der Waals surface area contributed by atoms with Gasteiger partial charge in [0.05, 0.1) is 6.04 Å². The van der Waals surface area contributed by atoms with Crippen LogP contribution in [0, 0.1) is 0 Å². The Morgan fingerprint density at radius 2 is 2.28 bits per heavy atom. The maximum atomic E-state index is 12.3. The second-order valence-corrected chi connectivity index (χ2v) is 5.53. The summed E-state index contributed by atoms with van der Waals surface area (Å²) in [4.78, 5) is 36.8. The van der Waals surface area contributed by atoms with Gasteiger partial charge in [0.15, 0.2) is 0 Å². The first-order valence-corrected chi connectivity index (χ1v) is 7.24. The fourth-order valence-electron chi connectivity index (χ4n) is 2.23. The van der Waals surface area contributed by atoms with Crippen molar-refractivity contribution in [1.82, 2.24) is 15.5 Å². The van der Waals surface area contributed by atoms with Crippen LogP contribution >= 0.6 is 11.8 Å². The van der Waals surface area contributed by atoms with Gasteiger partial charge in [-0.25, -0.2) is 0 Å². The van der Waals surface area contributed by atoms with E-state index in [1.54, 1.807) is 11.8 Å². The van der Waals surface area contributed by atoms with E-state index >= 15 is 0 Å². The third kappa shape index (κ3) is 2.67. The van der Waals surface area contributed by atoms with Crippen LogP contribution in [0.5, 0.6) is 0 Å². The summed E-state index contributed by atoms with van der Waals surface area (Å²) in [5.74, 6) is 0.770. The second-order valence-electron chi connectivity index (χ2n) is 4.38. The fraction of sp³-hybridized carbons (Fsp3) is 0.727. The Morgan fingerprint density at radius 1 is 1.50 bits per heavy atom. The Balaban J connectivity index is 2.10. The number of hydrogen-bond donors (Lipinski definition) is 2. The lowest BCUT2D eigenvalue weighted by atomic mass is 10.1. The molecule has 2 saturated heterocycles. The molecular weight excluding hydrogens is 254 g/mol. The van der Waals surface area contributed by atoms with Gasteiger partial charge in [0.2, 0.25) is 17.7 Å². The van der Waals surface area contributed by atoms with Crippen molar-refractivity contribution < 1.29 is 14.4 Å². The zero-order chi connectivity index (χ0) is 13.1. The number of thioether (sulfide) groups is 1. The van der Waals surface area contributed by atoms with Gasteiger partial charge in [-0.1, -0.05) is 6.92 Å². The van der Waals surface area contributed by atoms with Crippen molar-refractivity contribution in [3.05, 3.63) is 0 Å². The number of hydrogen-bond acceptors (Lipinski definition) is 5. The first-order valence-electron chi connectivity index (χ1n) is 6.08. The molecule has 100 valence electrons. The summed E-state index contributed by atoms with van der Waals surface area (Å²) in [5.41, 5.74) is 0. The van der Waals surface area contributed by atoms with Crippen LogP contribution in [0.15, 0.2) is 0 Å². The molecule has 6 nitrogen and oxygen atoms in total. The molecule has 0 aromatic carbocycles. The quantitative estimate of drug-likeness (QED) is 0.627. The summed E-state index contributed by atoms with van der Waals surface area (Å²) in [6, 6.07) is -0.805. The van der Waals surface area contributed by atoms with Crippen LogP contribution in [-0.2, 0) is 14.4 Å². The lowest BCUT2D eigenvalue weighted by Crippen LogP contribution is -2.63. The molecule has 2 unspecified atom stereocenters. The summed E-state index contributed by atoms with van der Waals surface area (Å²) < 4.78 is 0. The molecule has 2 aliphatic heterocycles. The SMILES string of the molecule is CCC1C(=O)NC(=O)CN1C(=O)C1CSCCN1. The van der Waals surface area contributed by atoms with E-state index in [0.717, 1.165) is 12.3 Å². The Bertz CT molecular complexity index is 369. The van der Waals surface area contributed by atoms with Crippen molar-refractivity contribution in [2.24, 2.45) is 0 Å². The first kappa shape index (κ1) is 13.4. The van der Waals surface area contributed by atoms with Crippen LogP contribution < -0.4 is 10.6 Å². The van der Waals surface area contributed by atoms with Crippen LogP contribution in [-0.4, -0.2) is 59.3 Å². The molecule has 0 bridgehead atoms. The molecule has 0 aromatic heterocycles. The Labute approximate surface area is 110 Å². The molecule has 0 spiro atoms. The largest absolute Gasteiger partial charge is 0.320 e. The number of amides is 3. The van der Waals surface area contributed by atoms with E-state index in [4.69, 9.17) is 0 Å². The molecule has 7 heteroatoms. The van der Waals surface area contributed by atoms with E-state index in [2.05, 4.69) is 10.6 Å². The van der Waals surface area contributed by atoms with E-state index in [0.29, 0.717) is 12.2 Å². The molecule has 2 aliphatic rings. The molecule has 0 radical (unpaired) electrons. The standard InChI is InChI=1S/C11H17N3O3S/c1-2-8-10(16)13-9(15)5-14(8)11(17)7-6-18-4-3-12-7/h7-8,12H,2-6H2,1H3,(H,13,15,16). The lowest BCUT2D eigenvalue weighted by molar-refractivity contribution is -0.151. The number of carbonyl (C=O) groups is 3. The summed E-state index contributed by atoms with van der Waals surface area (Å²) in [7, 11) is 0. The molecule has 0 aromatic rings. The highest BCUT2D eigenvalue weighted by Crippen LogP contribution is 2.15. The number of nitrogens with zero attached hydrogens (tertiary/aromatic N) is 1. The van der Waals surface area contributed by atoms with Crippen LogP contribution in [0.2, 0.25) is 0 Å². The number of piperazine rings is 1. The van der Waals surface area contributed by atoms with Crippen molar-refractivity contribution in [3.63, 3.8) is 0 Å². The fourth-order valence-corrected chi connectivity index (χ4v) is 3.15. The van der Waals surface area contributed by atoms with Gasteiger partial charge in [0.25, 0.3) is 0 Å². The third-order valence-electron chi connectivity index (χ3n) is 3.14. The highest BCUT2D eigenvalue weighted by atomic mass is 32.2. The molecule has 18 heavy (non-hydrogen) atoms. The second kappa shape index (κ2) is 5.71. The molecule has 2 heterocycles. The molecule has 2 fully saturated rings. The predicted molar refractivity (Wildman–Crippen MR) is 68.1 cm³/mol. The number of carbonyl (C=O) groups excluding carboxylic acids is 3. The minimum atomic E-state index is -0.524. The average Bonchev–Trinajstić information content (AvgIpc) is 2.38. The number of imide groups is 1. The molecule has 0 aliphatic carbocycles. The summed E-state index contributed by atoms with van der Waals surface area (Å²) in [6.07, 6.45) is 0.519. The predicted octanol–water partition coefficient (Wildman–Crippen LogP) is -1.04. The van der Waals surface area contributed by atoms with Crippen molar-refractivity contribution >= 4 is 29.5 Å². The molecule has 2 atom stereocenters. The minimum Gasteiger partial charge on any atom is -0.320 e. The Kier molecular flexibility index (Phi) is 4.23. The number of rotatable bonds is 2. The van der Waals surface area contributed by atoms with Gasteiger partial charge in [-0.2, -0.15) is 11.8 Å². The Morgan fingerprint density at radius 3 is 2.89 bits per heavy atom. The highest BCUT2D eigenvalue weighted by molar-refractivity contribution is 7.99. The van der Waals surface area contributed by atoms with Gasteiger partial charge in [-0.3, -0.25) is 19.7 Å². The minimum absolute atomic E-state index is 0.0219. The monoisotopic (exact) mass is 271 g/mol. The molecular formula is C11H17N3O3S. The van der Waals surface area contributed by atoms with Crippen LogP contribution in [0.3, 0.4) is 0 Å². The first-order chi connectivity index (χ1) is 8.63. The summed E-state index contributed by atoms with van der Waals surface area (Å²) in [5, 5.41) is 5.41. The van der Waals surface area contributed by atoms with Crippen molar-refractivity contribution in [3.8, 4) is 0 Å². The molecule has 0 saturated carbocycles. The van der Waals surface area contributed by atoms with E-state index in [9.17, 15) is 14.4 Å².